The standard InChI is InChI=1S/C11H15N3.H2/c1-3-5-10(4-2)8-14-9-13-7-11(14)6-12;/h3-5,7,9H,1-2,6,8,12H2;1H/b10-5+;. The normalized spacial score (nSPS) is 11.4. The van der Waals surface area contributed by atoms with Crippen molar-refractivity contribution in [3.05, 3.63) is 55.2 Å². The van der Waals surface area contributed by atoms with Gasteiger partial charge in [-0.3, -0.25) is 0 Å². The van der Waals surface area contributed by atoms with Gasteiger partial charge in [0.2, 0.25) is 0 Å². The van der Waals surface area contributed by atoms with Gasteiger partial charge in [0, 0.05) is 20.7 Å². The zero-order valence-corrected chi connectivity index (χ0v) is 8.19. The minimum Gasteiger partial charge on any atom is -0.329 e. The number of rotatable bonds is 5. The molecule has 1 heterocycles. The van der Waals surface area contributed by atoms with Gasteiger partial charge in [-0.1, -0.05) is 31.4 Å². The van der Waals surface area contributed by atoms with E-state index in [4.69, 9.17) is 5.73 Å². The van der Waals surface area contributed by atoms with Gasteiger partial charge in [-0.05, 0) is 5.57 Å². The SMILES string of the molecule is C=C/C=C(\C=C)Cn1cncc1CN.[HH]. The van der Waals surface area contributed by atoms with Crippen molar-refractivity contribution >= 4 is 0 Å². The lowest BCUT2D eigenvalue weighted by Crippen LogP contribution is -2.07. The molecule has 0 spiro atoms. The molecule has 2 N–H and O–H groups in total. The topological polar surface area (TPSA) is 43.8 Å². The molecule has 0 fully saturated rings. The molecule has 0 bridgehead atoms. The minimum atomic E-state index is 0. The number of imidazole rings is 1. The van der Waals surface area contributed by atoms with Crippen molar-refractivity contribution in [3.63, 3.8) is 0 Å². The molecule has 0 aliphatic rings. The molecule has 76 valence electrons. The zero-order valence-electron chi connectivity index (χ0n) is 8.19. The van der Waals surface area contributed by atoms with Gasteiger partial charge in [0.1, 0.15) is 0 Å². The number of aromatic nitrogens is 2. The highest BCUT2D eigenvalue weighted by Crippen LogP contribution is 2.05. The van der Waals surface area contributed by atoms with Crippen molar-refractivity contribution in [1.82, 2.24) is 9.55 Å². The van der Waals surface area contributed by atoms with Gasteiger partial charge >= 0.3 is 0 Å². The van der Waals surface area contributed by atoms with E-state index < -0.39 is 0 Å². The van der Waals surface area contributed by atoms with Crippen LogP contribution in [0.3, 0.4) is 0 Å². The average Bonchev–Trinajstić information content (AvgIpc) is 2.64. The van der Waals surface area contributed by atoms with E-state index in [1.807, 2.05) is 16.7 Å². The van der Waals surface area contributed by atoms with Crippen LogP contribution < -0.4 is 5.73 Å². The predicted molar refractivity (Wildman–Crippen MR) is 60.7 cm³/mol. The summed E-state index contributed by atoms with van der Waals surface area (Å²) in [5.41, 5.74) is 7.67. The maximum absolute atomic E-state index is 5.56. The van der Waals surface area contributed by atoms with Gasteiger partial charge in [0.25, 0.3) is 0 Å². The van der Waals surface area contributed by atoms with Gasteiger partial charge in [-0.25, -0.2) is 4.98 Å². The molecule has 1 rings (SSSR count). The highest BCUT2D eigenvalue weighted by Gasteiger charge is 2.00. The van der Waals surface area contributed by atoms with Crippen molar-refractivity contribution < 1.29 is 1.43 Å². The molecule has 3 heteroatoms. The third-order valence-corrected chi connectivity index (χ3v) is 1.95. The fraction of sp³-hybridized carbons (Fsp3) is 0.182. The van der Waals surface area contributed by atoms with E-state index in [1.54, 1.807) is 18.6 Å². The number of hydrogen-bond acceptors (Lipinski definition) is 2. The fourth-order valence-corrected chi connectivity index (χ4v) is 1.19. The maximum Gasteiger partial charge on any atom is 0.0951 e. The second-order valence-electron chi connectivity index (χ2n) is 2.90. The van der Waals surface area contributed by atoms with Gasteiger partial charge in [0.05, 0.1) is 12.0 Å². The summed E-state index contributed by atoms with van der Waals surface area (Å²) in [4.78, 5) is 4.04. The Balaban J connectivity index is 0.00000196. The molecular weight excluding hydrogens is 174 g/mol. The van der Waals surface area contributed by atoms with Crippen LogP contribution in [-0.2, 0) is 13.1 Å². The lowest BCUT2D eigenvalue weighted by Gasteiger charge is -2.06. The Hall–Kier alpha value is -1.61. The van der Waals surface area contributed by atoms with Crippen LogP contribution in [-0.4, -0.2) is 9.55 Å². The van der Waals surface area contributed by atoms with E-state index in [0.29, 0.717) is 6.54 Å². The van der Waals surface area contributed by atoms with Crippen molar-refractivity contribution in [2.45, 2.75) is 13.1 Å². The summed E-state index contributed by atoms with van der Waals surface area (Å²) < 4.78 is 2.00. The summed E-state index contributed by atoms with van der Waals surface area (Å²) in [6, 6.07) is 0. The lowest BCUT2D eigenvalue weighted by atomic mass is 10.2. The average molecular weight is 191 g/mol. The second kappa shape index (κ2) is 5.19. The summed E-state index contributed by atoms with van der Waals surface area (Å²) in [6.07, 6.45) is 9.02. The zero-order chi connectivity index (χ0) is 10.4. The first-order valence-electron chi connectivity index (χ1n) is 4.45. The molecule has 0 aromatic carbocycles. The van der Waals surface area contributed by atoms with Crippen LogP contribution in [0.5, 0.6) is 0 Å². The summed E-state index contributed by atoms with van der Waals surface area (Å²) in [7, 11) is 0. The summed E-state index contributed by atoms with van der Waals surface area (Å²) in [5, 5.41) is 0. The first kappa shape index (κ1) is 10.5. The second-order valence-corrected chi connectivity index (χ2v) is 2.90. The third-order valence-electron chi connectivity index (χ3n) is 1.95. The molecule has 0 unspecified atom stereocenters. The van der Waals surface area contributed by atoms with Gasteiger partial charge in [-0.15, -0.1) is 0 Å². The largest absolute Gasteiger partial charge is 0.329 e. The van der Waals surface area contributed by atoms with Crippen LogP contribution in [0.4, 0.5) is 0 Å². The van der Waals surface area contributed by atoms with Gasteiger partial charge < -0.3 is 10.3 Å². The van der Waals surface area contributed by atoms with Crippen molar-refractivity contribution in [1.29, 1.82) is 0 Å². The molecular formula is C11H17N3. The van der Waals surface area contributed by atoms with Crippen LogP contribution in [0.1, 0.15) is 7.12 Å². The van der Waals surface area contributed by atoms with Gasteiger partial charge in [0.15, 0.2) is 0 Å². The van der Waals surface area contributed by atoms with E-state index in [-0.39, 0.29) is 1.43 Å². The van der Waals surface area contributed by atoms with Crippen LogP contribution in [0.15, 0.2) is 49.5 Å². The maximum atomic E-state index is 5.56. The Kier molecular flexibility index (Phi) is 3.88. The monoisotopic (exact) mass is 191 g/mol. The van der Waals surface area contributed by atoms with Crippen LogP contribution in [0, 0.1) is 0 Å². The molecule has 0 aliphatic heterocycles. The number of nitrogens with zero attached hydrogens (tertiary/aromatic N) is 2. The van der Waals surface area contributed by atoms with Crippen LogP contribution >= 0.6 is 0 Å². The fourth-order valence-electron chi connectivity index (χ4n) is 1.19. The first-order valence-corrected chi connectivity index (χ1v) is 4.45. The highest BCUT2D eigenvalue weighted by molar-refractivity contribution is 5.21. The molecule has 0 amide bonds. The third kappa shape index (κ3) is 2.44. The molecule has 0 aliphatic carbocycles. The number of nitrogens with two attached hydrogens (primary N) is 1. The highest BCUT2D eigenvalue weighted by atomic mass is 15.0. The summed E-state index contributed by atoms with van der Waals surface area (Å²) >= 11 is 0. The first-order chi connectivity index (χ1) is 6.81. The van der Waals surface area contributed by atoms with E-state index in [2.05, 4.69) is 18.1 Å². The molecule has 0 saturated heterocycles. The molecule has 0 atom stereocenters. The van der Waals surface area contributed by atoms with E-state index in [0.717, 1.165) is 17.8 Å². The predicted octanol–water partition coefficient (Wildman–Crippen LogP) is 1.89. The smallest absolute Gasteiger partial charge is 0.0951 e. The summed E-state index contributed by atoms with van der Waals surface area (Å²) in [6.45, 7) is 8.62. The Morgan fingerprint density at radius 3 is 3.00 bits per heavy atom. The van der Waals surface area contributed by atoms with Crippen LogP contribution in [0.25, 0.3) is 0 Å². The van der Waals surface area contributed by atoms with Crippen molar-refractivity contribution in [2.75, 3.05) is 0 Å². The van der Waals surface area contributed by atoms with E-state index in [1.165, 1.54) is 0 Å². The number of hydrogen-bond donors (Lipinski definition) is 1. The van der Waals surface area contributed by atoms with E-state index in [9.17, 15) is 0 Å². The minimum absolute atomic E-state index is 0. The Bertz CT molecular complexity index is 352. The Morgan fingerprint density at radius 2 is 2.43 bits per heavy atom. The molecule has 1 aromatic rings. The van der Waals surface area contributed by atoms with Gasteiger partial charge in [-0.2, -0.15) is 0 Å². The molecule has 0 radical (unpaired) electrons. The van der Waals surface area contributed by atoms with Crippen molar-refractivity contribution in [2.24, 2.45) is 5.73 Å². The van der Waals surface area contributed by atoms with E-state index >= 15 is 0 Å². The van der Waals surface area contributed by atoms with Crippen molar-refractivity contribution in [3.8, 4) is 0 Å². The van der Waals surface area contributed by atoms with Crippen LogP contribution in [0.2, 0.25) is 0 Å². The lowest BCUT2D eigenvalue weighted by molar-refractivity contribution is 0.739. The molecule has 14 heavy (non-hydrogen) atoms. The Morgan fingerprint density at radius 1 is 1.64 bits per heavy atom. The quantitative estimate of drug-likeness (QED) is 0.722. The molecule has 3 nitrogen and oxygen atoms in total. The Labute approximate surface area is 85.7 Å². The number of allylic oxidation sites excluding steroid dienone is 4. The molecule has 0 saturated carbocycles. The molecule has 1 aromatic heterocycles. The summed E-state index contributed by atoms with van der Waals surface area (Å²) in [5.74, 6) is 0.